The molecule has 6 nitrogen and oxygen atoms in total. The second kappa shape index (κ2) is 4.53. The standard InChI is InChI=1S/C12H16N4O2/c1-16-7-6-10(14-16)11-13-12(18-15-11)8-2-4-9(17)5-3-8/h6-9,17H,2-5H2,1H3. The minimum atomic E-state index is -0.167. The van der Waals surface area contributed by atoms with Gasteiger partial charge in [-0.15, -0.1) is 0 Å². The van der Waals surface area contributed by atoms with E-state index >= 15 is 0 Å². The van der Waals surface area contributed by atoms with Gasteiger partial charge >= 0.3 is 0 Å². The van der Waals surface area contributed by atoms with Gasteiger partial charge in [-0.05, 0) is 31.7 Å². The summed E-state index contributed by atoms with van der Waals surface area (Å²) in [5.74, 6) is 1.48. The lowest BCUT2D eigenvalue weighted by atomic mass is 9.87. The van der Waals surface area contributed by atoms with E-state index in [2.05, 4.69) is 15.2 Å². The van der Waals surface area contributed by atoms with Crippen LogP contribution in [0.1, 0.15) is 37.5 Å². The fourth-order valence-corrected chi connectivity index (χ4v) is 2.36. The van der Waals surface area contributed by atoms with Gasteiger partial charge < -0.3 is 9.63 Å². The molecule has 3 rings (SSSR count). The van der Waals surface area contributed by atoms with E-state index in [0.717, 1.165) is 31.4 Å². The van der Waals surface area contributed by atoms with Crippen LogP contribution in [-0.4, -0.2) is 31.1 Å². The highest BCUT2D eigenvalue weighted by atomic mass is 16.5. The van der Waals surface area contributed by atoms with Gasteiger partial charge in [0.15, 0.2) is 0 Å². The van der Waals surface area contributed by atoms with E-state index in [0.29, 0.717) is 11.7 Å². The lowest BCUT2D eigenvalue weighted by Gasteiger charge is -2.22. The molecule has 0 aromatic carbocycles. The molecular formula is C12H16N4O2. The zero-order valence-corrected chi connectivity index (χ0v) is 10.3. The summed E-state index contributed by atoms with van der Waals surface area (Å²) >= 11 is 0. The summed E-state index contributed by atoms with van der Waals surface area (Å²) in [6.07, 6.45) is 5.12. The average Bonchev–Trinajstić information content (AvgIpc) is 2.98. The molecule has 0 spiro atoms. The van der Waals surface area contributed by atoms with E-state index in [9.17, 15) is 5.11 Å². The van der Waals surface area contributed by atoms with Crippen molar-refractivity contribution >= 4 is 0 Å². The van der Waals surface area contributed by atoms with Crippen LogP contribution in [-0.2, 0) is 7.05 Å². The van der Waals surface area contributed by atoms with Crippen LogP contribution in [0.5, 0.6) is 0 Å². The summed E-state index contributed by atoms with van der Waals surface area (Å²) < 4.78 is 7.02. The summed E-state index contributed by atoms with van der Waals surface area (Å²) in [7, 11) is 1.85. The number of aliphatic hydroxyl groups excluding tert-OH is 1. The zero-order chi connectivity index (χ0) is 12.5. The molecule has 1 aliphatic carbocycles. The third kappa shape index (κ3) is 2.15. The molecular weight excluding hydrogens is 232 g/mol. The summed E-state index contributed by atoms with van der Waals surface area (Å²) in [6, 6.07) is 1.86. The Morgan fingerprint density at radius 1 is 1.33 bits per heavy atom. The summed E-state index contributed by atoms with van der Waals surface area (Å²) in [5, 5.41) is 17.7. The maximum Gasteiger partial charge on any atom is 0.230 e. The average molecular weight is 248 g/mol. The molecule has 0 atom stereocenters. The molecule has 0 aliphatic heterocycles. The topological polar surface area (TPSA) is 77.0 Å². The van der Waals surface area contributed by atoms with Crippen LogP contribution in [0.2, 0.25) is 0 Å². The first kappa shape index (κ1) is 11.4. The largest absolute Gasteiger partial charge is 0.393 e. The second-order valence-electron chi connectivity index (χ2n) is 4.84. The predicted molar refractivity (Wildman–Crippen MR) is 63.7 cm³/mol. The van der Waals surface area contributed by atoms with Gasteiger partial charge in [0, 0.05) is 19.2 Å². The number of aryl methyl sites for hydroxylation is 1. The Bertz CT molecular complexity index is 526. The van der Waals surface area contributed by atoms with Crippen LogP contribution in [0.4, 0.5) is 0 Å². The van der Waals surface area contributed by atoms with Crippen LogP contribution in [0.3, 0.4) is 0 Å². The highest BCUT2D eigenvalue weighted by Gasteiger charge is 2.25. The molecule has 18 heavy (non-hydrogen) atoms. The molecule has 0 radical (unpaired) electrons. The molecule has 1 aliphatic rings. The molecule has 0 amide bonds. The molecule has 6 heteroatoms. The van der Waals surface area contributed by atoms with E-state index < -0.39 is 0 Å². The molecule has 2 heterocycles. The first-order valence-electron chi connectivity index (χ1n) is 6.24. The molecule has 0 bridgehead atoms. The van der Waals surface area contributed by atoms with Crippen molar-refractivity contribution in [2.24, 2.45) is 7.05 Å². The highest BCUT2D eigenvalue weighted by molar-refractivity contribution is 5.46. The summed E-state index contributed by atoms with van der Waals surface area (Å²) in [5.41, 5.74) is 0.725. The van der Waals surface area contributed by atoms with Crippen molar-refractivity contribution in [2.75, 3.05) is 0 Å². The van der Waals surface area contributed by atoms with E-state index in [4.69, 9.17) is 4.52 Å². The Morgan fingerprint density at radius 3 is 2.78 bits per heavy atom. The van der Waals surface area contributed by atoms with E-state index in [1.165, 1.54) is 0 Å². The number of aromatic nitrogens is 4. The van der Waals surface area contributed by atoms with Crippen LogP contribution in [0.15, 0.2) is 16.8 Å². The van der Waals surface area contributed by atoms with Crippen molar-refractivity contribution < 1.29 is 9.63 Å². The molecule has 1 fully saturated rings. The first-order chi connectivity index (χ1) is 8.72. The Kier molecular flexibility index (Phi) is 2.87. The van der Waals surface area contributed by atoms with E-state index in [1.807, 2.05) is 19.3 Å². The van der Waals surface area contributed by atoms with Gasteiger partial charge in [-0.1, -0.05) is 5.16 Å². The van der Waals surface area contributed by atoms with E-state index in [1.54, 1.807) is 4.68 Å². The SMILES string of the molecule is Cn1ccc(-c2noc(C3CCC(O)CC3)n2)n1. The molecule has 1 saturated carbocycles. The Hall–Kier alpha value is -1.69. The fraction of sp³-hybridized carbons (Fsp3) is 0.583. The quantitative estimate of drug-likeness (QED) is 0.871. The van der Waals surface area contributed by atoms with Gasteiger partial charge in [0.05, 0.1) is 6.10 Å². The van der Waals surface area contributed by atoms with Crippen LogP contribution < -0.4 is 0 Å². The Morgan fingerprint density at radius 2 is 2.11 bits per heavy atom. The summed E-state index contributed by atoms with van der Waals surface area (Å²) in [4.78, 5) is 4.41. The van der Waals surface area contributed by atoms with Crippen LogP contribution in [0, 0.1) is 0 Å². The lowest BCUT2D eigenvalue weighted by Crippen LogP contribution is -2.17. The normalized spacial score (nSPS) is 24.3. The number of hydrogen-bond acceptors (Lipinski definition) is 5. The lowest BCUT2D eigenvalue weighted by molar-refractivity contribution is 0.116. The Labute approximate surface area is 105 Å². The molecule has 1 N–H and O–H groups in total. The molecule has 2 aromatic rings. The van der Waals surface area contributed by atoms with Gasteiger partial charge in [-0.2, -0.15) is 10.1 Å². The third-order valence-electron chi connectivity index (χ3n) is 3.43. The van der Waals surface area contributed by atoms with Gasteiger partial charge in [0.25, 0.3) is 0 Å². The molecule has 0 saturated heterocycles. The number of rotatable bonds is 2. The smallest absolute Gasteiger partial charge is 0.230 e. The highest BCUT2D eigenvalue weighted by Crippen LogP contribution is 2.32. The van der Waals surface area contributed by atoms with Crippen molar-refractivity contribution in [3.63, 3.8) is 0 Å². The van der Waals surface area contributed by atoms with Crippen molar-refractivity contribution in [2.45, 2.75) is 37.7 Å². The second-order valence-corrected chi connectivity index (χ2v) is 4.84. The van der Waals surface area contributed by atoms with E-state index in [-0.39, 0.29) is 12.0 Å². The monoisotopic (exact) mass is 248 g/mol. The zero-order valence-electron chi connectivity index (χ0n) is 10.3. The van der Waals surface area contributed by atoms with Crippen LogP contribution in [0.25, 0.3) is 11.5 Å². The Balaban J connectivity index is 1.77. The number of nitrogens with zero attached hydrogens (tertiary/aromatic N) is 4. The van der Waals surface area contributed by atoms with Crippen LogP contribution >= 0.6 is 0 Å². The van der Waals surface area contributed by atoms with Crippen molar-refractivity contribution in [1.29, 1.82) is 0 Å². The van der Waals surface area contributed by atoms with Crippen molar-refractivity contribution in [1.82, 2.24) is 19.9 Å². The van der Waals surface area contributed by atoms with Crippen molar-refractivity contribution in [3.8, 4) is 11.5 Å². The van der Waals surface area contributed by atoms with Gasteiger partial charge in [0.2, 0.25) is 11.7 Å². The van der Waals surface area contributed by atoms with Gasteiger partial charge in [0.1, 0.15) is 5.69 Å². The number of hydrogen-bond donors (Lipinski definition) is 1. The maximum absolute atomic E-state index is 9.48. The molecule has 96 valence electrons. The fourth-order valence-electron chi connectivity index (χ4n) is 2.36. The first-order valence-corrected chi connectivity index (χ1v) is 6.24. The van der Waals surface area contributed by atoms with Crippen molar-refractivity contribution in [3.05, 3.63) is 18.2 Å². The predicted octanol–water partition coefficient (Wildman–Crippen LogP) is 1.49. The maximum atomic E-state index is 9.48. The molecule has 0 unspecified atom stereocenters. The van der Waals surface area contributed by atoms with Gasteiger partial charge in [-0.3, -0.25) is 4.68 Å². The minimum absolute atomic E-state index is 0.167. The third-order valence-corrected chi connectivity index (χ3v) is 3.43. The number of aliphatic hydroxyl groups is 1. The minimum Gasteiger partial charge on any atom is -0.393 e. The van der Waals surface area contributed by atoms with Gasteiger partial charge in [-0.25, -0.2) is 0 Å². The molecule has 2 aromatic heterocycles. The summed E-state index contributed by atoms with van der Waals surface area (Å²) in [6.45, 7) is 0.